The highest BCUT2D eigenvalue weighted by molar-refractivity contribution is 7.88. The second-order valence-corrected chi connectivity index (χ2v) is 9.48. The van der Waals surface area contributed by atoms with Crippen molar-refractivity contribution in [3.63, 3.8) is 0 Å². The van der Waals surface area contributed by atoms with E-state index in [0.717, 1.165) is 5.56 Å². The van der Waals surface area contributed by atoms with Crippen molar-refractivity contribution >= 4 is 21.6 Å². The van der Waals surface area contributed by atoms with Gasteiger partial charge in [0.2, 0.25) is 10.0 Å². The van der Waals surface area contributed by atoms with Crippen LogP contribution in [-0.4, -0.2) is 58.2 Å². The fourth-order valence-electron chi connectivity index (χ4n) is 3.56. The second-order valence-electron chi connectivity index (χ2n) is 7.50. The predicted molar refractivity (Wildman–Crippen MR) is 120 cm³/mol. The Morgan fingerprint density at radius 2 is 1.94 bits per heavy atom. The minimum absolute atomic E-state index is 0.130. The average molecular weight is 459 g/mol. The van der Waals surface area contributed by atoms with Gasteiger partial charge in [0, 0.05) is 31.4 Å². The van der Waals surface area contributed by atoms with Gasteiger partial charge in [-0.15, -0.1) is 0 Å². The molecule has 1 saturated heterocycles. The van der Waals surface area contributed by atoms with Crippen LogP contribution in [0.4, 0.5) is 5.69 Å². The molecule has 1 amide bonds. The highest BCUT2D eigenvalue weighted by Gasteiger charge is 2.29. The Hall–Kier alpha value is -3.29. The molecule has 3 rings (SSSR count). The molecule has 0 radical (unpaired) electrons. The van der Waals surface area contributed by atoms with Gasteiger partial charge in [0.25, 0.3) is 5.91 Å². The molecule has 0 aromatic heterocycles. The van der Waals surface area contributed by atoms with E-state index in [1.54, 1.807) is 38.5 Å². The van der Waals surface area contributed by atoms with Crippen LogP contribution in [0.1, 0.15) is 27.9 Å². The van der Waals surface area contributed by atoms with Crippen LogP contribution in [0, 0.1) is 11.3 Å². The van der Waals surface area contributed by atoms with Crippen LogP contribution >= 0.6 is 0 Å². The monoisotopic (exact) mass is 458 g/mol. The van der Waals surface area contributed by atoms with E-state index < -0.39 is 10.0 Å². The molecule has 1 fully saturated rings. The molecule has 0 unspecified atom stereocenters. The van der Waals surface area contributed by atoms with Crippen LogP contribution < -0.4 is 20.1 Å². The molecule has 9 nitrogen and oxygen atoms in total. The Morgan fingerprint density at radius 3 is 2.56 bits per heavy atom. The zero-order valence-electron chi connectivity index (χ0n) is 18.2. The van der Waals surface area contributed by atoms with Crippen LogP contribution in [0.3, 0.4) is 0 Å². The van der Waals surface area contributed by atoms with Gasteiger partial charge >= 0.3 is 0 Å². The molecule has 2 aromatic rings. The van der Waals surface area contributed by atoms with Crippen LogP contribution in [0.5, 0.6) is 11.5 Å². The summed E-state index contributed by atoms with van der Waals surface area (Å²) in [4.78, 5) is 13.0. The van der Waals surface area contributed by atoms with Crippen molar-refractivity contribution in [2.45, 2.75) is 19.0 Å². The number of nitrogens with one attached hydrogen (secondary N) is 2. The Balaban J connectivity index is 1.75. The quantitative estimate of drug-likeness (QED) is 0.620. The number of rotatable bonds is 8. The van der Waals surface area contributed by atoms with Crippen molar-refractivity contribution in [1.82, 2.24) is 9.62 Å². The van der Waals surface area contributed by atoms with E-state index in [-0.39, 0.29) is 18.5 Å². The minimum atomic E-state index is -3.26. The van der Waals surface area contributed by atoms with Gasteiger partial charge in [-0.05, 0) is 42.3 Å². The SMILES string of the molecule is COc1ccc(CNC(=O)c2cc(C#N)ccc2N[C@H]2CCN(S(C)(=O)=O)C2)cc1OC. The molecular formula is C22H26N4O5S. The predicted octanol–water partition coefficient (Wildman–Crippen LogP) is 1.95. The van der Waals surface area contributed by atoms with E-state index in [4.69, 9.17) is 9.47 Å². The van der Waals surface area contributed by atoms with Gasteiger partial charge in [-0.3, -0.25) is 4.79 Å². The van der Waals surface area contributed by atoms with E-state index in [2.05, 4.69) is 10.6 Å². The number of sulfonamides is 1. The van der Waals surface area contributed by atoms with Crippen molar-refractivity contribution in [1.29, 1.82) is 5.26 Å². The summed E-state index contributed by atoms with van der Waals surface area (Å²) in [6, 6.07) is 12.1. The highest BCUT2D eigenvalue weighted by Crippen LogP contribution is 2.28. The first kappa shape index (κ1) is 23.4. The summed E-state index contributed by atoms with van der Waals surface area (Å²) in [5.41, 5.74) is 2.05. The van der Waals surface area contributed by atoms with Gasteiger partial charge in [-0.2, -0.15) is 5.26 Å². The molecular weight excluding hydrogens is 432 g/mol. The molecule has 0 bridgehead atoms. The van der Waals surface area contributed by atoms with E-state index in [0.29, 0.717) is 47.8 Å². The van der Waals surface area contributed by atoms with Gasteiger partial charge in [0.15, 0.2) is 11.5 Å². The van der Waals surface area contributed by atoms with Crippen LogP contribution in [-0.2, 0) is 16.6 Å². The van der Waals surface area contributed by atoms with Crippen LogP contribution in [0.2, 0.25) is 0 Å². The first-order chi connectivity index (χ1) is 15.2. The first-order valence-electron chi connectivity index (χ1n) is 10.00. The molecule has 1 aliphatic rings. The van der Waals surface area contributed by atoms with Gasteiger partial charge in [0.1, 0.15) is 0 Å². The zero-order chi connectivity index (χ0) is 23.3. The number of methoxy groups -OCH3 is 2. The molecule has 1 aliphatic heterocycles. The summed E-state index contributed by atoms with van der Waals surface area (Å²) >= 11 is 0. The number of benzene rings is 2. The lowest BCUT2D eigenvalue weighted by Crippen LogP contribution is -2.31. The highest BCUT2D eigenvalue weighted by atomic mass is 32.2. The van der Waals surface area contributed by atoms with Gasteiger partial charge < -0.3 is 20.1 Å². The molecule has 0 aliphatic carbocycles. The largest absolute Gasteiger partial charge is 0.493 e. The van der Waals surface area contributed by atoms with Gasteiger partial charge in [-0.25, -0.2) is 12.7 Å². The fraction of sp³-hybridized carbons (Fsp3) is 0.364. The fourth-order valence-corrected chi connectivity index (χ4v) is 4.45. The smallest absolute Gasteiger partial charge is 0.253 e. The lowest BCUT2D eigenvalue weighted by molar-refractivity contribution is 0.0951. The third kappa shape index (κ3) is 5.49. The van der Waals surface area contributed by atoms with E-state index in [1.807, 2.05) is 12.1 Å². The maximum absolute atomic E-state index is 13.0. The molecule has 10 heteroatoms. The summed E-state index contributed by atoms with van der Waals surface area (Å²) in [6.45, 7) is 1.000. The summed E-state index contributed by atoms with van der Waals surface area (Å²) in [6.07, 6.45) is 1.81. The number of carbonyl (C=O) groups is 1. The standard InChI is InChI=1S/C22H26N4O5S/c1-30-20-7-5-16(11-21(20)31-2)13-24-22(27)18-10-15(12-23)4-6-19(18)25-17-8-9-26(14-17)32(3,28)29/h4-7,10-11,17,25H,8-9,13-14H2,1-3H3,(H,24,27)/t17-/m0/s1. The summed E-state index contributed by atoms with van der Waals surface area (Å²) < 4.78 is 35.5. The van der Waals surface area contributed by atoms with Crippen molar-refractivity contribution < 1.29 is 22.7 Å². The number of anilines is 1. The van der Waals surface area contributed by atoms with Crippen molar-refractivity contribution in [2.75, 3.05) is 38.9 Å². The summed E-state index contributed by atoms with van der Waals surface area (Å²) in [5, 5.41) is 15.4. The Labute approximate surface area is 188 Å². The topological polar surface area (TPSA) is 121 Å². The van der Waals surface area contributed by atoms with Crippen LogP contribution in [0.15, 0.2) is 36.4 Å². The van der Waals surface area contributed by atoms with Crippen molar-refractivity contribution in [2.24, 2.45) is 0 Å². The van der Waals surface area contributed by atoms with E-state index in [9.17, 15) is 18.5 Å². The summed E-state index contributed by atoms with van der Waals surface area (Å²) in [5.74, 6) is 0.803. The third-order valence-electron chi connectivity index (χ3n) is 5.27. The number of amides is 1. The van der Waals surface area contributed by atoms with Crippen molar-refractivity contribution in [3.05, 3.63) is 53.1 Å². The summed E-state index contributed by atoms with van der Waals surface area (Å²) in [7, 11) is -0.171. The molecule has 1 heterocycles. The Morgan fingerprint density at radius 1 is 1.19 bits per heavy atom. The molecule has 2 aromatic carbocycles. The number of carbonyl (C=O) groups excluding carboxylic acids is 1. The lowest BCUT2D eigenvalue weighted by Gasteiger charge is -2.18. The lowest BCUT2D eigenvalue weighted by atomic mass is 10.1. The molecule has 1 atom stereocenters. The Bertz CT molecular complexity index is 1140. The Kier molecular flexibility index (Phi) is 7.22. The zero-order valence-corrected chi connectivity index (χ0v) is 19.0. The minimum Gasteiger partial charge on any atom is -0.493 e. The second kappa shape index (κ2) is 9.89. The number of hydrogen-bond acceptors (Lipinski definition) is 7. The molecule has 32 heavy (non-hydrogen) atoms. The van der Waals surface area contributed by atoms with E-state index in [1.165, 1.54) is 16.6 Å². The molecule has 2 N–H and O–H groups in total. The molecule has 0 saturated carbocycles. The van der Waals surface area contributed by atoms with Crippen LogP contribution in [0.25, 0.3) is 0 Å². The molecule has 170 valence electrons. The molecule has 0 spiro atoms. The average Bonchev–Trinajstić information content (AvgIpc) is 3.26. The maximum atomic E-state index is 13.0. The first-order valence-corrected chi connectivity index (χ1v) is 11.8. The van der Waals surface area contributed by atoms with E-state index >= 15 is 0 Å². The number of hydrogen-bond donors (Lipinski definition) is 2. The number of nitrogens with zero attached hydrogens (tertiary/aromatic N) is 2. The van der Waals surface area contributed by atoms with Gasteiger partial charge in [0.05, 0.1) is 37.7 Å². The normalized spacial score (nSPS) is 16.2. The number of nitriles is 1. The number of ether oxygens (including phenoxy) is 2. The van der Waals surface area contributed by atoms with Crippen molar-refractivity contribution in [3.8, 4) is 17.6 Å². The van der Waals surface area contributed by atoms with Gasteiger partial charge in [-0.1, -0.05) is 6.07 Å². The third-order valence-corrected chi connectivity index (χ3v) is 6.54. The maximum Gasteiger partial charge on any atom is 0.253 e.